The lowest BCUT2D eigenvalue weighted by atomic mass is 9.80. The molecule has 5 rings (SSSR count). The van der Waals surface area contributed by atoms with Gasteiger partial charge in [0.25, 0.3) is 0 Å². The van der Waals surface area contributed by atoms with Gasteiger partial charge in [-0.1, -0.05) is 85.6 Å². The fourth-order valence-electron chi connectivity index (χ4n) is 4.50. The number of halogens is 2. The maximum atomic E-state index is 6.31. The Kier molecular flexibility index (Phi) is 3.66. The predicted molar refractivity (Wildman–Crippen MR) is 117 cm³/mol. The van der Waals surface area contributed by atoms with Crippen molar-refractivity contribution in [3.05, 3.63) is 94.0 Å². The molecule has 132 valence electrons. The standard InChI is InChI=1S/C25H18Cl2/c1-25(2)22-10-6-5-9-20(22)24-19-8-4-3-7-18(19)21(14-23(24)25)15-11-16(26)13-17(27)12-15/h3-14H,1-2H3. The van der Waals surface area contributed by atoms with Crippen LogP contribution in [-0.2, 0) is 5.41 Å². The molecule has 0 aliphatic heterocycles. The number of hydrogen-bond donors (Lipinski definition) is 0. The topological polar surface area (TPSA) is 0 Å². The Hall–Kier alpha value is -2.28. The second-order valence-electron chi connectivity index (χ2n) is 7.72. The van der Waals surface area contributed by atoms with Gasteiger partial charge in [0, 0.05) is 15.5 Å². The minimum Gasteiger partial charge on any atom is -0.0843 e. The van der Waals surface area contributed by atoms with Crippen molar-refractivity contribution in [2.75, 3.05) is 0 Å². The third-order valence-electron chi connectivity index (χ3n) is 5.76. The molecule has 4 aromatic carbocycles. The Morgan fingerprint density at radius 2 is 1.26 bits per heavy atom. The number of fused-ring (bicyclic) bond motifs is 5. The summed E-state index contributed by atoms with van der Waals surface area (Å²) in [5, 5.41) is 3.82. The van der Waals surface area contributed by atoms with Crippen LogP contribution in [0.5, 0.6) is 0 Å². The molecule has 0 nitrogen and oxygen atoms in total. The predicted octanol–water partition coefficient (Wildman–Crippen LogP) is 8.12. The van der Waals surface area contributed by atoms with Gasteiger partial charge >= 0.3 is 0 Å². The molecule has 0 saturated heterocycles. The van der Waals surface area contributed by atoms with Gasteiger partial charge in [-0.3, -0.25) is 0 Å². The first kappa shape index (κ1) is 16.9. The zero-order chi connectivity index (χ0) is 18.8. The molecule has 0 unspecified atom stereocenters. The highest BCUT2D eigenvalue weighted by Gasteiger charge is 2.36. The molecule has 1 aliphatic carbocycles. The van der Waals surface area contributed by atoms with Crippen LogP contribution in [-0.4, -0.2) is 0 Å². The van der Waals surface area contributed by atoms with Crippen molar-refractivity contribution in [2.24, 2.45) is 0 Å². The monoisotopic (exact) mass is 388 g/mol. The van der Waals surface area contributed by atoms with E-state index in [1.54, 1.807) is 6.07 Å². The molecule has 1 aliphatic rings. The van der Waals surface area contributed by atoms with Gasteiger partial charge in [0.15, 0.2) is 0 Å². The Morgan fingerprint density at radius 1 is 0.630 bits per heavy atom. The van der Waals surface area contributed by atoms with E-state index in [1.807, 2.05) is 12.1 Å². The summed E-state index contributed by atoms with van der Waals surface area (Å²) < 4.78 is 0. The third kappa shape index (κ3) is 2.44. The molecule has 4 aromatic rings. The van der Waals surface area contributed by atoms with E-state index in [0.717, 1.165) is 5.56 Å². The van der Waals surface area contributed by atoms with Crippen molar-refractivity contribution >= 4 is 34.0 Å². The summed E-state index contributed by atoms with van der Waals surface area (Å²) in [5.41, 5.74) is 7.60. The molecule has 0 bridgehead atoms. The fourth-order valence-corrected chi connectivity index (χ4v) is 5.02. The van der Waals surface area contributed by atoms with Crippen molar-refractivity contribution < 1.29 is 0 Å². The Balaban J connectivity index is 1.93. The van der Waals surface area contributed by atoms with Crippen molar-refractivity contribution in [1.82, 2.24) is 0 Å². The van der Waals surface area contributed by atoms with E-state index in [4.69, 9.17) is 23.2 Å². The number of rotatable bonds is 1. The minimum absolute atomic E-state index is 0.0485. The second kappa shape index (κ2) is 5.86. The molecule has 0 N–H and O–H groups in total. The van der Waals surface area contributed by atoms with Gasteiger partial charge in [-0.2, -0.15) is 0 Å². The van der Waals surface area contributed by atoms with Gasteiger partial charge in [-0.25, -0.2) is 0 Å². The highest BCUT2D eigenvalue weighted by molar-refractivity contribution is 6.35. The summed E-state index contributed by atoms with van der Waals surface area (Å²) in [6, 6.07) is 25.5. The van der Waals surface area contributed by atoms with Crippen molar-refractivity contribution in [1.29, 1.82) is 0 Å². The molecule has 0 aromatic heterocycles. The zero-order valence-electron chi connectivity index (χ0n) is 15.2. The molecule has 0 heterocycles. The maximum absolute atomic E-state index is 6.31. The molecule has 27 heavy (non-hydrogen) atoms. The van der Waals surface area contributed by atoms with Gasteiger partial charge in [-0.15, -0.1) is 0 Å². The van der Waals surface area contributed by atoms with Crippen LogP contribution in [0, 0.1) is 0 Å². The molecule has 0 spiro atoms. The average molecular weight is 389 g/mol. The SMILES string of the molecule is CC1(C)c2ccccc2-c2c1cc(-c1cc(Cl)cc(Cl)c1)c1ccccc21. The van der Waals surface area contributed by atoms with Crippen LogP contribution in [0.3, 0.4) is 0 Å². The average Bonchev–Trinajstić information content (AvgIpc) is 2.88. The minimum atomic E-state index is -0.0485. The van der Waals surface area contributed by atoms with E-state index in [0.29, 0.717) is 10.0 Å². The zero-order valence-corrected chi connectivity index (χ0v) is 16.7. The normalized spacial score (nSPS) is 14.2. The molecule has 0 atom stereocenters. The molecule has 0 radical (unpaired) electrons. The highest BCUT2D eigenvalue weighted by atomic mass is 35.5. The highest BCUT2D eigenvalue weighted by Crippen LogP contribution is 2.53. The van der Waals surface area contributed by atoms with Crippen LogP contribution in [0.4, 0.5) is 0 Å². The Bertz CT molecular complexity index is 1200. The van der Waals surface area contributed by atoms with Crippen LogP contribution in [0.2, 0.25) is 10.0 Å². The van der Waals surface area contributed by atoms with E-state index in [1.165, 1.54) is 38.6 Å². The summed E-state index contributed by atoms with van der Waals surface area (Å²) in [6.07, 6.45) is 0. The van der Waals surface area contributed by atoms with Crippen LogP contribution in [0.1, 0.15) is 25.0 Å². The molecule has 0 amide bonds. The Morgan fingerprint density at radius 3 is 2.00 bits per heavy atom. The van der Waals surface area contributed by atoms with Gasteiger partial charge in [0.05, 0.1) is 0 Å². The van der Waals surface area contributed by atoms with E-state index in [-0.39, 0.29) is 5.41 Å². The lowest BCUT2D eigenvalue weighted by Crippen LogP contribution is -2.15. The first-order chi connectivity index (χ1) is 13.0. The maximum Gasteiger partial charge on any atom is 0.0426 e. The van der Waals surface area contributed by atoms with Crippen molar-refractivity contribution in [3.8, 4) is 22.3 Å². The molecule has 2 heteroatoms. The number of benzene rings is 4. The molecule has 0 fully saturated rings. The summed E-state index contributed by atoms with van der Waals surface area (Å²) >= 11 is 12.6. The van der Waals surface area contributed by atoms with Crippen molar-refractivity contribution in [2.45, 2.75) is 19.3 Å². The number of hydrogen-bond acceptors (Lipinski definition) is 0. The smallest absolute Gasteiger partial charge is 0.0426 e. The van der Waals surface area contributed by atoms with Crippen LogP contribution >= 0.6 is 23.2 Å². The molecular formula is C25H18Cl2. The van der Waals surface area contributed by atoms with E-state index in [2.05, 4.69) is 68.4 Å². The van der Waals surface area contributed by atoms with Gasteiger partial charge in [0.2, 0.25) is 0 Å². The quantitative estimate of drug-likeness (QED) is 0.308. The second-order valence-corrected chi connectivity index (χ2v) is 8.59. The van der Waals surface area contributed by atoms with E-state index < -0.39 is 0 Å². The van der Waals surface area contributed by atoms with Gasteiger partial charge in [-0.05, 0) is 68.4 Å². The van der Waals surface area contributed by atoms with Crippen molar-refractivity contribution in [3.63, 3.8) is 0 Å². The van der Waals surface area contributed by atoms with Crippen LogP contribution in [0.15, 0.2) is 72.8 Å². The summed E-state index contributed by atoms with van der Waals surface area (Å²) in [4.78, 5) is 0. The lowest BCUT2D eigenvalue weighted by Gasteiger charge is -2.23. The molecular weight excluding hydrogens is 371 g/mol. The lowest BCUT2D eigenvalue weighted by molar-refractivity contribution is 0.661. The van der Waals surface area contributed by atoms with Crippen LogP contribution in [0.25, 0.3) is 33.0 Å². The van der Waals surface area contributed by atoms with E-state index >= 15 is 0 Å². The first-order valence-corrected chi connectivity index (χ1v) is 9.85. The Labute approximate surface area is 169 Å². The van der Waals surface area contributed by atoms with Gasteiger partial charge < -0.3 is 0 Å². The fraction of sp³-hybridized carbons (Fsp3) is 0.120. The summed E-state index contributed by atoms with van der Waals surface area (Å²) in [6.45, 7) is 4.61. The van der Waals surface area contributed by atoms with Gasteiger partial charge in [0.1, 0.15) is 0 Å². The largest absolute Gasteiger partial charge is 0.0843 e. The summed E-state index contributed by atoms with van der Waals surface area (Å²) in [5.74, 6) is 0. The van der Waals surface area contributed by atoms with Crippen LogP contribution < -0.4 is 0 Å². The van der Waals surface area contributed by atoms with E-state index in [9.17, 15) is 0 Å². The third-order valence-corrected chi connectivity index (χ3v) is 6.20. The first-order valence-electron chi connectivity index (χ1n) is 9.09. The summed E-state index contributed by atoms with van der Waals surface area (Å²) in [7, 11) is 0. The molecule has 0 saturated carbocycles.